The van der Waals surface area contributed by atoms with Gasteiger partial charge in [-0.1, -0.05) is 6.07 Å². The van der Waals surface area contributed by atoms with Gasteiger partial charge in [0.05, 0.1) is 51.7 Å². The van der Waals surface area contributed by atoms with Crippen LogP contribution in [0.15, 0.2) is 36.5 Å². The second-order valence-electron chi connectivity index (χ2n) is 6.73. The van der Waals surface area contributed by atoms with Crippen LogP contribution in [0.4, 0.5) is 0 Å². The molecule has 0 unspecified atom stereocenters. The Kier molecular flexibility index (Phi) is 7.52. The maximum Gasteiger partial charge on any atom is 0.221 e. The third-order valence-electron chi connectivity index (χ3n) is 5.33. The number of ether oxygens (including phenoxy) is 5. The number of nitrogens with zero attached hydrogens (tertiary/aromatic N) is 1. The molecule has 0 aliphatic carbocycles. The zero-order valence-corrected chi connectivity index (χ0v) is 19.7. The van der Waals surface area contributed by atoms with Crippen molar-refractivity contribution in [1.82, 2.24) is 0 Å². The molecule has 3 aromatic carbocycles. The normalized spacial score (nSPS) is 10.4. The van der Waals surface area contributed by atoms with Gasteiger partial charge in [0.25, 0.3) is 0 Å². The number of methoxy groups -OCH3 is 5. The molecule has 0 N–H and O–H groups in total. The van der Waals surface area contributed by atoms with E-state index < -0.39 is 0 Å². The summed E-state index contributed by atoms with van der Waals surface area (Å²) in [5.41, 5.74) is 1.06. The molecule has 31 heavy (non-hydrogen) atoms. The van der Waals surface area contributed by atoms with Crippen molar-refractivity contribution in [3.8, 4) is 28.7 Å². The lowest BCUT2D eigenvalue weighted by atomic mass is 9.99. The van der Waals surface area contributed by atoms with Crippen LogP contribution in [-0.2, 0) is 7.05 Å². The molecule has 0 atom stereocenters. The monoisotopic (exact) mass is 464 g/mol. The Hall–Kier alpha value is -2.83. The van der Waals surface area contributed by atoms with E-state index in [4.69, 9.17) is 23.7 Å². The lowest BCUT2D eigenvalue weighted by Gasteiger charge is -2.15. The molecule has 166 valence electrons. The number of fused-ring (bicyclic) bond motifs is 5. The standard InChI is InChI=1S/C23H24NO5.2ClH/c1-24-12-16-21(19(27-4)11-20(28-5)23(16)29-6)14-8-7-13-9-17(25-2)18(26-3)10-15(13)22(14)24;;/h7-12H,1-6H3;2*1H/q+1;;/p-2. The van der Waals surface area contributed by atoms with Gasteiger partial charge in [0, 0.05) is 11.5 Å². The van der Waals surface area contributed by atoms with E-state index in [2.05, 4.69) is 16.7 Å². The van der Waals surface area contributed by atoms with Gasteiger partial charge in [-0.25, -0.2) is 0 Å². The van der Waals surface area contributed by atoms with Crippen molar-refractivity contribution in [3.63, 3.8) is 0 Å². The van der Waals surface area contributed by atoms with Crippen LogP contribution in [0.5, 0.6) is 28.7 Å². The molecule has 1 heterocycles. The first-order valence-electron chi connectivity index (χ1n) is 9.17. The Labute approximate surface area is 193 Å². The number of benzene rings is 3. The molecule has 1 aromatic heterocycles. The predicted molar refractivity (Wildman–Crippen MR) is 113 cm³/mol. The van der Waals surface area contributed by atoms with E-state index in [1.807, 2.05) is 31.4 Å². The molecule has 0 aliphatic heterocycles. The van der Waals surface area contributed by atoms with Crippen LogP contribution in [0.1, 0.15) is 0 Å². The summed E-state index contributed by atoms with van der Waals surface area (Å²) in [4.78, 5) is 0. The lowest BCUT2D eigenvalue weighted by Crippen LogP contribution is -3.00. The van der Waals surface area contributed by atoms with Crippen molar-refractivity contribution >= 4 is 32.4 Å². The van der Waals surface area contributed by atoms with Crippen molar-refractivity contribution in [2.24, 2.45) is 7.05 Å². The average Bonchev–Trinajstić information content (AvgIpc) is 2.76. The van der Waals surface area contributed by atoms with Gasteiger partial charge in [-0.15, -0.1) is 0 Å². The number of pyridine rings is 1. The Morgan fingerprint density at radius 1 is 0.613 bits per heavy atom. The van der Waals surface area contributed by atoms with Crippen LogP contribution >= 0.6 is 0 Å². The van der Waals surface area contributed by atoms with Gasteiger partial charge < -0.3 is 48.5 Å². The van der Waals surface area contributed by atoms with Crippen molar-refractivity contribution < 1.29 is 53.1 Å². The summed E-state index contributed by atoms with van der Waals surface area (Å²) in [7, 11) is 10.2. The highest BCUT2D eigenvalue weighted by atomic mass is 35.5. The molecule has 0 bridgehead atoms. The highest BCUT2D eigenvalue weighted by Gasteiger charge is 2.23. The van der Waals surface area contributed by atoms with Crippen LogP contribution in [0.2, 0.25) is 0 Å². The quantitative estimate of drug-likeness (QED) is 0.253. The molecule has 0 amide bonds. The lowest BCUT2D eigenvalue weighted by molar-refractivity contribution is -0.642. The van der Waals surface area contributed by atoms with Gasteiger partial charge in [0.15, 0.2) is 29.2 Å². The molecule has 4 rings (SSSR count). The first-order chi connectivity index (χ1) is 14.1. The third kappa shape index (κ3) is 3.70. The van der Waals surface area contributed by atoms with Gasteiger partial charge in [0.2, 0.25) is 5.52 Å². The van der Waals surface area contributed by atoms with Crippen LogP contribution in [0.25, 0.3) is 32.4 Å². The van der Waals surface area contributed by atoms with E-state index in [1.165, 1.54) is 0 Å². The fourth-order valence-electron chi connectivity index (χ4n) is 4.03. The molecule has 0 radical (unpaired) electrons. The van der Waals surface area contributed by atoms with Crippen molar-refractivity contribution in [3.05, 3.63) is 36.5 Å². The van der Waals surface area contributed by atoms with Gasteiger partial charge in [-0.05, 0) is 23.6 Å². The molecule has 0 saturated carbocycles. The maximum absolute atomic E-state index is 5.72. The van der Waals surface area contributed by atoms with Gasteiger partial charge in [-0.2, -0.15) is 4.57 Å². The van der Waals surface area contributed by atoms with Crippen molar-refractivity contribution in [2.75, 3.05) is 35.5 Å². The first kappa shape index (κ1) is 24.4. The summed E-state index contributed by atoms with van der Waals surface area (Å²) in [6.07, 6.45) is 2.04. The van der Waals surface area contributed by atoms with E-state index in [0.717, 1.165) is 38.2 Å². The Balaban J connectivity index is 0.00000171. The zero-order valence-electron chi connectivity index (χ0n) is 18.2. The van der Waals surface area contributed by atoms with E-state index in [9.17, 15) is 0 Å². The minimum Gasteiger partial charge on any atom is -1.00 e. The molecule has 6 nitrogen and oxygen atoms in total. The van der Waals surface area contributed by atoms with Crippen LogP contribution in [0.3, 0.4) is 0 Å². The number of rotatable bonds is 5. The molecule has 0 fully saturated rings. The first-order valence-corrected chi connectivity index (χ1v) is 9.17. The summed E-state index contributed by atoms with van der Waals surface area (Å²) in [6, 6.07) is 10.0. The predicted octanol–water partition coefficient (Wildman–Crippen LogP) is -1.98. The molecule has 0 aliphatic rings. The number of hydrogen-bond acceptors (Lipinski definition) is 5. The average molecular weight is 465 g/mol. The molecule has 0 spiro atoms. The topological polar surface area (TPSA) is 50.0 Å². The maximum atomic E-state index is 5.72. The van der Waals surface area contributed by atoms with Crippen LogP contribution < -0.4 is 53.1 Å². The zero-order chi connectivity index (χ0) is 20.7. The van der Waals surface area contributed by atoms with E-state index in [-0.39, 0.29) is 24.8 Å². The SMILES string of the molecule is COc1cc2ccc3c4c(OC)cc(OC)c(OC)c4c[n+](C)c3c2cc1OC.[Cl-].[Cl-]. The minimum absolute atomic E-state index is 0. The minimum atomic E-state index is 0. The van der Waals surface area contributed by atoms with Crippen molar-refractivity contribution in [2.45, 2.75) is 0 Å². The summed E-state index contributed by atoms with van der Waals surface area (Å²) in [5.74, 6) is 3.42. The number of hydrogen-bond donors (Lipinski definition) is 0. The molecular weight excluding hydrogens is 441 g/mol. The summed E-state index contributed by atoms with van der Waals surface area (Å²) in [5, 5.41) is 5.04. The third-order valence-corrected chi connectivity index (χ3v) is 5.33. The Morgan fingerprint density at radius 2 is 1.23 bits per heavy atom. The van der Waals surface area contributed by atoms with Crippen molar-refractivity contribution in [1.29, 1.82) is 0 Å². The van der Waals surface area contributed by atoms with Crippen LogP contribution in [0, 0.1) is 0 Å². The van der Waals surface area contributed by atoms with E-state index >= 15 is 0 Å². The highest BCUT2D eigenvalue weighted by molar-refractivity contribution is 6.17. The molecule has 4 aromatic rings. The largest absolute Gasteiger partial charge is 1.00 e. The number of halogens is 2. The summed E-state index contributed by atoms with van der Waals surface area (Å²) >= 11 is 0. The van der Waals surface area contributed by atoms with Crippen LogP contribution in [-0.4, -0.2) is 35.5 Å². The second kappa shape index (κ2) is 9.54. The van der Waals surface area contributed by atoms with E-state index in [0.29, 0.717) is 23.0 Å². The fourth-order valence-corrected chi connectivity index (χ4v) is 4.03. The van der Waals surface area contributed by atoms with Gasteiger partial charge >= 0.3 is 0 Å². The van der Waals surface area contributed by atoms with Gasteiger partial charge in [0.1, 0.15) is 12.8 Å². The number of aromatic nitrogens is 1. The van der Waals surface area contributed by atoms with E-state index in [1.54, 1.807) is 35.5 Å². The Bertz CT molecular complexity index is 1260. The smallest absolute Gasteiger partial charge is 0.221 e. The Morgan fingerprint density at radius 3 is 1.81 bits per heavy atom. The summed E-state index contributed by atoms with van der Waals surface area (Å²) < 4.78 is 30.0. The number of aryl methyl sites for hydroxylation is 1. The highest BCUT2D eigenvalue weighted by Crippen LogP contribution is 2.44. The fraction of sp³-hybridized carbons (Fsp3) is 0.261. The molecule has 8 heteroatoms. The molecular formula is C23H24Cl2NO5-. The summed E-state index contributed by atoms with van der Waals surface area (Å²) in [6.45, 7) is 0. The second-order valence-corrected chi connectivity index (χ2v) is 6.73. The van der Waals surface area contributed by atoms with Gasteiger partial charge in [-0.3, -0.25) is 0 Å². The molecule has 0 saturated heterocycles.